The second kappa shape index (κ2) is 5.04. The number of hydrogen-bond donors (Lipinski definition) is 1. The van der Waals surface area contributed by atoms with Crippen LogP contribution in [0.2, 0.25) is 0 Å². The highest BCUT2D eigenvalue weighted by molar-refractivity contribution is 5.99. The number of hydrogen-bond acceptors (Lipinski definition) is 4. The topological polar surface area (TPSA) is 69.4 Å². The van der Waals surface area contributed by atoms with E-state index in [0.717, 1.165) is 51.6 Å². The van der Waals surface area contributed by atoms with Gasteiger partial charge in [0.2, 0.25) is 0 Å². The summed E-state index contributed by atoms with van der Waals surface area (Å²) in [6.07, 6.45) is 1.84. The third-order valence-electron chi connectivity index (χ3n) is 4.05. The van der Waals surface area contributed by atoms with E-state index in [9.17, 15) is 4.79 Å². The quantitative estimate of drug-likeness (QED) is 0.747. The highest BCUT2D eigenvalue weighted by Crippen LogP contribution is 2.34. The molecule has 2 N–H and O–H groups in total. The van der Waals surface area contributed by atoms with E-state index >= 15 is 0 Å². The van der Waals surface area contributed by atoms with E-state index in [0.29, 0.717) is 12.1 Å². The molecule has 0 saturated carbocycles. The van der Waals surface area contributed by atoms with Gasteiger partial charge in [-0.25, -0.2) is 4.79 Å². The summed E-state index contributed by atoms with van der Waals surface area (Å²) < 4.78 is 11.3. The van der Waals surface area contributed by atoms with Crippen LogP contribution in [0.3, 0.4) is 0 Å². The normalized spacial score (nSPS) is 11.6. The largest absolute Gasteiger partial charge is 0.459 e. The molecule has 0 spiro atoms. The van der Waals surface area contributed by atoms with Crippen molar-refractivity contribution in [2.24, 2.45) is 5.73 Å². The predicted molar refractivity (Wildman–Crippen MR) is 83.6 cm³/mol. The van der Waals surface area contributed by atoms with E-state index in [1.165, 1.54) is 0 Å². The molecule has 3 rings (SSSR count). The van der Waals surface area contributed by atoms with Gasteiger partial charge in [0.25, 0.3) is 0 Å². The maximum absolute atomic E-state index is 11.8. The van der Waals surface area contributed by atoms with E-state index in [2.05, 4.69) is 13.0 Å². The summed E-state index contributed by atoms with van der Waals surface area (Å²) in [7, 11) is 0. The van der Waals surface area contributed by atoms with Crippen molar-refractivity contribution < 1.29 is 8.83 Å². The van der Waals surface area contributed by atoms with E-state index in [-0.39, 0.29) is 5.63 Å². The molecule has 4 heteroatoms. The van der Waals surface area contributed by atoms with Crippen LogP contribution < -0.4 is 11.4 Å². The smallest absolute Gasteiger partial charge is 0.336 e. The van der Waals surface area contributed by atoms with E-state index in [1.807, 2.05) is 13.8 Å². The predicted octanol–water partition coefficient (Wildman–Crippen LogP) is 3.57. The molecule has 1 aromatic carbocycles. The van der Waals surface area contributed by atoms with Crippen LogP contribution in [0.4, 0.5) is 0 Å². The van der Waals surface area contributed by atoms with Gasteiger partial charge in [-0.15, -0.1) is 0 Å². The van der Waals surface area contributed by atoms with Gasteiger partial charge in [-0.2, -0.15) is 0 Å². The van der Waals surface area contributed by atoms with Crippen molar-refractivity contribution in [2.75, 3.05) is 0 Å². The molecule has 0 radical (unpaired) electrons. The zero-order chi connectivity index (χ0) is 15.1. The molecule has 3 aromatic rings. The number of fused-ring (bicyclic) bond motifs is 2. The van der Waals surface area contributed by atoms with Crippen LogP contribution >= 0.6 is 0 Å². The van der Waals surface area contributed by atoms with Gasteiger partial charge in [0.15, 0.2) is 0 Å². The lowest BCUT2D eigenvalue weighted by Gasteiger charge is -2.07. The average Bonchev–Trinajstić information content (AvgIpc) is 2.78. The first kappa shape index (κ1) is 13.9. The van der Waals surface area contributed by atoms with Crippen LogP contribution in [0.1, 0.15) is 35.8 Å². The third kappa shape index (κ3) is 2.07. The van der Waals surface area contributed by atoms with Crippen molar-refractivity contribution in [3.63, 3.8) is 0 Å². The molecule has 0 aliphatic rings. The Balaban J connectivity index is 2.48. The second-order valence-corrected chi connectivity index (χ2v) is 5.45. The molecule has 2 heterocycles. The van der Waals surface area contributed by atoms with E-state index < -0.39 is 0 Å². The molecule has 0 bridgehead atoms. The summed E-state index contributed by atoms with van der Waals surface area (Å²) in [6, 6.07) is 3.65. The first-order valence-electron chi connectivity index (χ1n) is 7.25. The summed E-state index contributed by atoms with van der Waals surface area (Å²) >= 11 is 0. The molecule has 110 valence electrons. The van der Waals surface area contributed by atoms with Gasteiger partial charge < -0.3 is 14.6 Å². The zero-order valence-electron chi connectivity index (χ0n) is 12.6. The maximum atomic E-state index is 11.8. The van der Waals surface area contributed by atoms with Gasteiger partial charge >= 0.3 is 5.63 Å². The van der Waals surface area contributed by atoms with Gasteiger partial charge in [-0.3, -0.25) is 0 Å². The molecule has 0 aliphatic carbocycles. The van der Waals surface area contributed by atoms with Crippen LogP contribution in [0.15, 0.2) is 25.8 Å². The highest BCUT2D eigenvalue weighted by Gasteiger charge is 2.17. The number of furan rings is 1. The Labute approximate surface area is 122 Å². The minimum Gasteiger partial charge on any atom is -0.459 e. The lowest BCUT2D eigenvalue weighted by atomic mass is 10.00. The molecular formula is C17H19NO3. The van der Waals surface area contributed by atoms with E-state index in [1.54, 1.807) is 6.07 Å². The standard InChI is InChI=1S/C17H19NO3/c1-4-5-11-6-15(19)21-17-10(3)16-12(7-13(11)17)9(2)14(8-18)20-16/h6-7H,4-5,8,18H2,1-3H3. The Bertz CT molecular complexity index is 887. The van der Waals surface area contributed by atoms with Crippen molar-refractivity contribution in [2.45, 2.75) is 40.2 Å². The summed E-state index contributed by atoms with van der Waals surface area (Å²) in [4.78, 5) is 11.8. The minimum atomic E-state index is -0.310. The van der Waals surface area contributed by atoms with Crippen molar-refractivity contribution in [3.8, 4) is 0 Å². The SMILES string of the molecule is CCCc1cc(=O)oc2c(C)c3oc(CN)c(C)c3cc12. The third-order valence-corrected chi connectivity index (χ3v) is 4.05. The van der Waals surface area contributed by atoms with Crippen LogP contribution in [-0.4, -0.2) is 0 Å². The fraction of sp³-hybridized carbons (Fsp3) is 0.353. The molecule has 2 aromatic heterocycles. The minimum absolute atomic E-state index is 0.310. The Morgan fingerprint density at radius 1 is 1.05 bits per heavy atom. The van der Waals surface area contributed by atoms with Crippen LogP contribution in [-0.2, 0) is 13.0 Å². The zero-order valence-corrected chi connectivity index (χ0v) is 12.6. The first-order chi connectivity index (χ1) is 10.1. The monoisotopic (exact) mass is 285 g/mol. The molecule has 0 aliphatic heterocycles. The molecule has 0 amide bonds. The Morgan fingerprint density at radius 3 is 2.43 bits per heavy atom. The Morgan fingerprint density at radius 2 is 1.76 bits per heavy atom. The van der Waals surface area contributed by atoms with Crippen LogP contribution in [0.5, 0.6) is 0 Å². The first-order valence-corrected chi connectivity index (χ1v) is 7.25. The summed E-state index contributed by atoms with van der Waals surface area (Å²) in [5.41, 5.74) is 9.75. The van der Waals surface area contributed by atoms with Crippen LogP contribution in [0.25, 0.3) is 21.9 Å². The molecule has 0 atom stereocenters. The summed E-state index contributed by atoms with van der Waals surface area (Å²) in [5.74, 6) is 0.780. The molecule has 21 heavy (non-hydrogen) atoms. The number of rotatable bonds is 3. The summed E-state index contributed by atoms with van der Waals surface area (Å²) in [5, 5.41) is 2.04. The van der Waals surface area contributed by atoms with Gasteiger partial charge in [0.1, 0.15) is 16.9 Å². The van der Waals surface area contributed by atoms with Crippen molar-refractivity contribution in [1.29, 1.82) is 0 Å². The van der Waals surface area contributed by atoms with Gasteiger partial charge in [-0.05, 0) is 37.5 Å². The number of aryl methyl sites for hydroxylation is 3. The van der Waals surface area contributed by atoms with Gasteiger partial charge in [0.05, 0.1) is 6.54 Å². The van der Waals surface area contributed by atoms with Crippen molar-refractivity contribution in [3.05, 3.63) is 45.0 Å². The second-order valence-electron chi connectivity index (χ2n) is 5.45. The Hall–Kier alpha value is -2.07. The molecule has 0 unspecified atom stereocenters. The van der Waals surface area contributed by atoms with E-state index in [4.69, 9.17) is 14.6 Å². The lowest BCUT2D eigenvalue weighted by molar-refractivity contribution is 0.539. The van der Waals surface area contributed by atoms with Gasteiger partial charge in [0, 0.05) is 22.4 Å². The number of benzene rings is 1. The number of nitrogens with two attached hydrogens (primary N) is 1. The van der Waals surface area contributed by atoms with Crippen molar-refractivity contribution in [1.82, 2.24) is 0 Å². The molecular weight excluding hydrogens is 266 g/mol. The average molecular weight is 285 g/mol. The Kier molecular flexibility index (Phi) is 3.33. The van der Waals surface area contributed by atoms with Crippen molar-refractivity contribution >= 4 is 21.9 Å². The van der Waals surface area contributed by atoms with Crippen LogP contribution in [0, 0.1) is 13.8 Å². The molecule has 0 fully saturated rings. The fourth-order valence-corrected chi connectivity index (χ4v) is 2.93. The highest BCUT2D eigenvalue weighted by atomic mass is 16.4. The molecule has 4 nitrogen and oxygen atoms in total. The lowest BCUT2D eigenvalue weighted by Crippen LogP contribution is -2.01. The fourth-order valence-electron chi connectivity index (χ4n) is 2.93. The maximum Gasteiger partial charge on any atom is 0.336 e. The van der Waals surface area contributed by atoms with Gasteiger partial charge in [-0.1, -0.05) is 13.3 Å². The molecule has 0 saturated heterocycles. The summed E-state index contributed by atoms with van der Waals surface area (Å²) in [6.45, 7) is 6.40.